The minimum absolute atomic E-state index is 0.100. The smallest absolute Gasteiger partial charge is 0.411 e. The third-order valence-electron chi connectivity index (χ3n) is 1.75. The third-order valence-corrected chi connectivity index (χ3v) is 2.84. The molecule has 1 N–H and O–H groups in total. The summed E-state index contributed by atoms with van der Waals surface area (Å²) in [6, 6.07) is 1.33. The molecule has 1 heterocycles. The van der Waals surface area contributed by atoms with Crippen molar-refractivity contribution < 1.29 is 27.8 Å². The van der Waals surface area contributed by atoms with E-state index in [9.17, 15) is 18.0 Å². The fourth-order valence-corrected chi connectivity index (χ4v) is 1.91. The van der Waals surface area contributed by atoms with E-state index in [0.717, 1.165) is 11.3 Å². The molecule has 7 heteroatoms. The summed E-state index contributed by atoms with van der Waals surface area (Å²) in [5.41, 5.74) is 0.478. The highest BCUT2D eigenvalue weighted by molar-refractivity contribution is 7.14. The first-order chi connectivity index (χ1) is 7.29. The van der Waals surface area contributed by atoms with E-state index in [1.807, 2.05) is 0 Å². The Hall–Kier alpha value is -1.08. The van der Waals surface area contributed by atoms with Crippen LogP contribution in [-0.2, 0) is 11.3 Å². The van der Waals surface area contributed by atoms with Gasteiger partial charge < -0.3 is 9.84 Å². The van der Waals surface area contributed by atoms with Crippen LogP contribution >= 0.6 is 11.3 Å². The quantitative estimate of drug-likeness (QED) is 0.898. The molecule has 0 radical (unpaired) electrons. The van der Waals surface area contributed by atoms with E-state index in [2.05, 4.69) is 4.74 Å². The summed E-state index contributed by atoms with van der Waals surface area (Å²) in [7, 11) is 0. The number of thiophene rings is 1. The van der Waals surface area contributed by atoms with Crippen LogP contribution in [0.4, 0.5) is 13.2 Å². The van der Waals surface area contributed by atoms with Crippen molar-refractivity contribution in [2.24, 2.45) is 0 Å². The summed E-state index contributed by atoms with van der Waals surface area (Å²) in [5, 5.41) is 8.67. The number of hydrogen-bond acceptors (Lipinski definition) is 3. The molecule has 0 aliphatic heterocycles. The molecule has 0 aromatic carbocycles. The minimum atomic E-state index is -4.36. The second-order valence-corrected chi connectivity index (χ2v) is 4.36. The summed E-state index contributed by atoms with van der Waals surface area (Å²) in [4.78, 5) is 11.3. The molecule has 0 aliphatic rings. The molecule has 0 aliphatic carbocycles. The van der Waals surface area contributed by atoms with Crippen LogP contribution in [0.1, 0.15) is 20.1 Å². The van der Waals surface area contributed by atoms with Crippen LogP contribution in [0, 0.1) is 6.92 Å². The van der Waals surface area contributed by atoms with Crippen molar-refractivity contribution in [3.05, 3.63) is 21.4 Å². The molecular weight excluding hydrogens is 245 g/mol. The fraction of sp³-hybridized carbons (Fsp3) is 0.444. The highest BCUT2D eigenvalue weighted by atomic mass is 32.1. The number of ether oxygens (including phenoxy) is 1. The molecule has 0 amide bonds. The standard InChI is InChI=1S/C9H9F3O3S/c1-5-6(2-7(16-5)8(13)14)3-15-4-9(10,11)12/h2H,3-4H2,1H3,(H,13,14). The second-order valence-electron chi connectivity index (χ2n) is 3.11. The Kier molecular flexibility index (Phi) is 3.93. The molecule has 0 fully saturated rings. The van der Waals surface area contributed by atoms with Gasteiger partial charge in [0.25, 0.3) is 0 Å². The Bertz CT molecular complexity index is 384. The molecule has 1 aromatic rings. The van der Waals surface area contributed by atoms with Gasteiger partial charge in [-0.3, -0.25) is 0 Å². The molecule has 90 valence electrons. The Morgan fingerprint density at radius 2 is 2.19 bits per heavy atom. The zero-order chi connectivity index (χ0) is 12.3. The Labute approximate surface area is 93.5 Å². The van der Waals surface area contributed by atoms with Gasteiger partial charge in [-0.15, -0.1) is 11.3 Å². The molecule has 0 saturated carbocycles. The average molecular weight is 254 g/mol. The topological polar surface area (TPSA) is 46.5 Å². The Morgan fingerprint density at radius 1 is 1.56 bits per heavy atom. The summed E-state index contributed by atoms with van der Waals surface area (Å²) in [5.74, 6) is -1.09. The minimum Gasteiger partial charge on any atom is -0.477 e. The van der Waals surface area contributed by atoms with Crippen LogP contribution in [0.15, 0.2) is 6.07 Å². The lowest BCUT2D eigenvalue weighted by Gasteiger charge is -2.06. The number of aromatic carboxylic acids is 1. The first-order valence-electron chi connectivity index (χ1n) is 4.26. The third kappa shape index (κ3) is 3.82. The summed E-state index contributed by atoms with van der Waals surface area (Å²) in [6.07, 6.45) is -4.36. The molecular formula is C9H9F3O3S. The lowest BCUT2D eigenvalue weighted by Crippen LogP contribution is -2.16. The summed E-state index contributed by atoms with van der Waals surface area (Å²) >= 11 is 1.02. The van der Waals surface area contributed by atoms with Gasteiger partial charge in [0, 0.05) is 4.88 Å². The molecule has 3 nitrogen and oxygen atoms in total. The number of alkyl halides is 3. The lowest BCUT2D eigenvalue weighted by molar-refractivity contribution is -0.176. The maximum atomic E-state index is 11.8. The van der Waals surface area contributed by atoms with Crippen LogP contribution in [0.25, 0.3) is 0 Å². The lowest BCUT2D eigenvalue weighted by atomic mass is 10.2. The van der Waals surface area contributed by atoms with Crippen molar-refractivity contribution in [3.63, 3.8) is 0 Å². The largest absolute Gasteiger partial charge is 0.477 e. The highest BCUT2D eigenvalue weighted by Crippen LogP contribution is 2.23. The molecule has 0 bridgehead atoms. The van der Waals surface area contributed by atoms with Gasteiger partial charge in [-0.05, 0) is 18.6 Å². The van der Waals surface area contributed by atoms with E-state index < -0.39 is 18.8 Å². The van der Waals surface area contributed by atoms with E-state index in [0.29, 0.717) is 10.4 Å². The van der Waals surface area contributed by atoms with E-state index in [-0.39, 0.29) is 11.5 Å². The van der Waals surface area contributed by atoms with Crippen molar-refractivity contribution in [1.82, 2.24) is 0 Å². The highest BCUT2D eigenvalue weighted by Gasteiger charge is 2.27. The molecule has 0 unspecified atom stereocenters. The molecule has 1 aromatic heterocycles. The predicted molar refractivity (Wildman–Crippen MR) is 51.7 cm³/mol. The van der Waals surface area contributed by atoms with E-state index in [1.54, 1.807) is 6.92 Å². The normalized spacial score (nSPS) is 11.8. The van der Waals surface area contributed by atoms with Gasteiger partial charge in [0.2, 0.25) is 0 Å². The number of carbonyl (C=O) groups is 1. The van der Waals surface area contributed by atoms with Gasteiger partial charge >= 0.3 is 12.1 Å². The number of halogens is 3. The van der Waals surface area contributed by atoms with Crippen LogP contribution in [0.5, 0.6) is 0 Å². The van der Waals surface area contributed by atoms with Gasteiger partial charge in [-0.2, -0.15) is 13.2 Å². The van der Waals surface area contributed by atoms with Crippen molar-refractivity contribution in [1.29, 1.82) is 0 Å². The summed E-state index contributed by atoms with van der Waals surface area (Å²) in [6.45, 7) is 0.0865. The molecule has 0 saturated heterocycles. The van der Waals surface area contributed by atoms with Crippen LogP contribution < -0.4 is 0 Å². The van der Waals surface area contributed by atoms with Gasteiger partial charge in [0.1, 0.15) is 11.5 Å². The van der Waals surface area contributed by atoms with Gasteiger partial charge in [0.05, 0.1) is 6.61 Å². The van der Waals surface area contributed by atoms with E-state index in [4.69, 9.17) is 5.11 Å². The zero-order valence-corrected chi connectivity index (χ0v) is 9.11. The number of rotatable bonds is 4. The number of carboxylic acid groups (broad SMARTS) is 1. The van der Waals surface area contributed by atoms with Crippen molar-refractivity contribution in [3.8, 4) is 0 Å². The molecule has 0 atom stereocenters. The van der Waals surface area contributed by atoms with E-state index >= 15 is 0 Å². The van der Waals surface area contributed by atoms with Gasteiger partial charge in [0.15, 0.2) is 0 Å². The molecule has 0 spiro atoms. The molecule has 1 rings (SSSR count). The van der Waals surface area contributed by atoms with Crippen molar-refractivity contribution >= 4 is 17.3 Å². The number of hydrogen-bond donors (Lipinski definition) is 1. The van der Waals surface area contributed by atoms with Crippen LogP contribution in [0.2, 0.25) is 0 Å². The van der Waals surface area contributed by atoms with Gasteiger partial charge in [-0.1, -0.05) is 0 Å². The zero-order valence-electron chi connectivity index (χ0n) is 8.30. The second kappa shape index (κ2) is 4.84. The van der Waals surface area contributed by atoms with Crippen molar-refractivity contribution in [2.45, 2.75) is 19.7 Å². The average Bonchev–Trinajstić information content (AvgIpc) is 2.46. The Morgan fingerprint density at radius 3 is 2.62 bits per heavy atom. The maximum absolute atomic E-state index is 11.8. The fourth-order valence-electron chi connectivity index (χ4n) is 1.05. The van der Waals surface area contributed by atoms with Crippen molar-refractivity contribution in [2.75, 3.05) is 6.61 Å². The monoisotopic (exact) mass is 254 g/mol. The number of aryl methyl sites for hydroxylation is 1. The van der Waals surface area contributed by atoms with E-state index in [1.165, 1.54) is 6.07 Å². The van der Waals surface area contributed by atoms with Crippen LogP contribution in [-0.4, -0.2) is 23.9 Å². The Balaban J connectivity index is 2.58. The van der Waals surface area contributed by atoms with Crippen LogP contribution in [0.3, 0.4) is 0 Å². The molecule has 16 heavy (non-hydrogen) atoms. The predicted octanol–water partition coefficient (Wildman–Crippen LogP) is 2.83. The number of carboxylic acids is 1. The SMILES string of the molecule is Cc1sc(C(=O)O)cc1COCC(F)(F)F. The van der Waals surface area contributed by atoms with Gasteiger partial charge in [-0.25, -0.2) is 4.79 Å². The first kappa shape index (κ1) is 13.0. The summed E-state index contributed by atoms with van der Waals surface area (Å²) < 4.78 is 39.8. The maximum Gasteiger partial charge on any atom is 0.411 e. The first-order valence-corrected chi connectivity index (χ1v) is 5.08.